The van der Waals surface area contributed by atoms with Crippen LogP contribution in [0.15, 0.2) is 18.2 Å². The predicted octanol–water partition coefficient (Wildman–Crippen LogP) is 3.09. The van der Waals surface area contributed by atoms with Crippen LogP contribution in [0.2, 0.25) is 0 Å². The highest BCUT2D eigenvalue weighted by atomic mass is 16.5. The van der Waals surface area contributed by atoms with Crippen molar-refractivity contribution in [2.45, 2.75) is 44.7 Å². The van der Waals surface area contributed by atoms with Gasteiger partial charge in [-0.1, -0.05) is 6.07 Å². The molecule has 3 nitrogen and oxygen atoms in total. The number of methoxy groups -OCH3 is 2. The van der Waals surface area contributed by atoms with Gasteiger partial charge in [-0.3, -0.25) is 0 Å². The zero-order valence-electron chi connectivity index (χ0n) is 12.2. The normalized spacial score (nSPS) is 19.8. The van der Waals surface area contributed by atoms with E-state index in [-0.39, 0.29) is 0 Å². The maximum Gasteiger partial charge on any atom is 0.119 e. The van der Waals surface area contributed by atoms with Crippen LogP contribution in [0.25, 0.3) is 0 Å². The largest absolute Gasteiger partial charge is 0.497 e. The summed E-state index contributed by atoms with van der Waals surface area (Å²) >= 11 is 0. The van der Waals surface area contributed by atoms with Crippen molar-refractivity contribution in [2.75, 3.05) is 20.8 Å². The number of hydrogen-bond acceptors (Lipinski definition) is 3. The maximum atomic E-state index is 5.35. The fourth-order valence-electron chi connectivity index (χ4n) is 2.80. The zero-order chi connectivity index (χ0) is 13.7. The van der Waals surface area contributed by atoms with Crippen molar-refractivity contribution in [2.24, 2.45) is 0 Å². The molecule has 1 aliphatic carbocycles. The van der Waals surface area contributed by atoms with Crippen LogP contribution in [-0.2, 0) is 11.2 Å². The Morgan fingerprint density at radius 1 is 1.37 bits per heavy atom. The topological polar surface area (TPSA) is 30.5 Å². The molecule has 106 valence electrons. The van der Waals surface area contributed by atoms with E-state index < -0.39 is 0 Å². The van der Waals surface area contributed by atoms with E-state index in [0.29, 0.717) is 12.1 Å². The van der Waals surface area contributed by atoms with E-state index >= 15 is 0 Å². The summed E-state index contributed by atoms with van der Waals surface area (Å²) in [6, 6.07) is 7.39. The molecule has 0 aliphatic heterocycles. The number of nitrogens with one attached hydrogen (secondary N) is 1. The first-order valence-electron chi connectivity index (χ1n) is 7.16. The van der Waals surface area contributed by atoms with E-state index in [9.17, 15) is 0 Å². The first-order chi connectivity index (χ1) is 9.24. The van der Waals surface area contributed by atoms with Gasteiger partial charge in [0, 0.05) is 25.8 Å². The summed E-state index contributed by atoms with van der Waals surface area (Å²) in [4.78, 5) is 0. The third-order valence-corrected chi connectivity index (χ3v) is 3.91. The van der Waals surface area contributed by atoms with Crippen LogP contribution in [0, 0.1) is 0 Å². The van der Waals surface area contributed by atoms with E-state index in [2.05, 4.69) is 30.4 Å². The molecule has 0 amide bonds. The van der Waals surface area contributed by atoms with Crippen LogP contribution in [0.3, 0.4) is 0 Å². The summed E-state index contributed by atoms with van der Waals surface area (Å²) in [6.45, 7) is 3.04. The van der Waals surface area contributed by atoms with Crippen molar-refractivity contribution in [1.29, 1.82) is 0 Å². The molecule has 0 bridgehead atoms. The Morgan fingerprint density at radius 3 is 2.95 bits per heavy atom. The lowest BCUT2D eigenvalue weighted by molar-refractivity contribution is 0.181. The molecule has 0 aromatic heterocycles. The lowest BCUT2D eigenvalue weighted by Gasteiger charge is -2.29. The molecule has 2 rings (SSSR count). The average molecular weight is 263 g/mol. The number of fused-ring (bicyclic) bond motifs is 1. The van der Waals surface area contributed by atoms with Gasteiger partial charge in [0.25, 0.3) is 0 Å². The van der Waals surface area contributed by atoms with Gasteiger partial charge in [-0.05, 0) is 55.9 Å². The quantitative estimate of drug-likeness (QED) is 0.855. The minimum Gasteiger partial charge on any atom is -0.497 e. The van der Waals surface area contributed by atoms with Crippen LogP contribution in [-0.4, -0.2) is 26.9 Å². The zero-order valence-corrected chi connectivity index (χ0v) is 12.2. The Labute approximate surface area is 116 Å². The SMILES string of the molecule is COCCC(C)NC1CCCc2ccc(OC)cc21. The van der Waals surface area contributed by atoms with Crippen LogP contribution in [0.5, 0.6) is 5.75 Å². The molecule has 19 heavy (non-hydrogen) atoms. The van der Waals surface area contributed by atoms with Gasteiger partial charge in [0.1, 0.15) is 5.75 Å². The van der Waals surface area contributed by atoms with Crippen molar-refractivity contribution >= 4 is 0 Å². The third kappa shape index (κ3) is 3.71. The number of rotatable bonds is 6. The molecular formula is C16H25NO2. The molecule has 1 aromatic rings. The lowest BCUT2D eigenvalue weighted by atomic mass is 9.87. The van der Waals surface area contributed by atoms with E-state index in [0.717, 1.165) is 18.8 Å². The molecule has 0 saturated carbocycles. The van der Waals surface area contributed by atoms with Gasteiger partial charge >= 0.3 is 0 Å². The average Bonchev–Trinajstić information content (AvgIpc) is 2.45. The highest BCUT2D eigenvalue weighted by Crippen LogP contribution is 2.32. The number of aryl methyl sites for hydroxylation is 1. The monoisotopic (exact) mass is 263 g/mol. The van der Waals surface area contributed by atoms with E-state index in [4.69, 9.17) is 9.47 Å². The molecule has 0 fully saturated rings. The molecule has 0 radical (unpaired) electrons. The van der Waals surface area contributed by atoms with Crippen molar-refractivity contribution < 1.29 is 9.47 Å². The molecule has 2 unspecified atom stereocenters. The van der Waals surface area contributed by atoms with Gasteiger partial charge in [0.15, 0.2) is 0 Å². The van der Waals surface area contributed by atoms with E-state index in [1.165, 1.54) is 30.4 Å². The molecule has 3 heteroatoms. The first kappa shape index (κ1) is 14.4. The second-order valence-electron chi connectivity index (χ2n) is 5.36. The van der Waals surface area contributed by atoms with Crippen molar-refractivity contribution in [3.8, 4) is 5.75 Å². The number of benzene rings is 1. The number of hydrogen-bond donors (Lipinski definition) is 1. The molecule has 1 aliphatic rings. The van der Waals surface area contributed by atoms with Crippen molar-refractivity contribution in [3.05, 3.63) is 29.3 Å². The third-order valence-electron chi connectivity index (χ3n) is 3.91. The van der Waals surface area contributed by atoms with Crippen molar-refractivity contribution in [1.82, 2.24) is 5.32 Å². The first-order valence-corrected chi connectivity index (χ1v) is 7.16. The highest BCUT2D eigenvalue weighted by molar-refractivity contribution is 5.39. The number of ether oxygens (including phenoxy) is 2. The minimum atomic E-state index is 0.450. The molecular weight excluding hydrogens is 238 g/mol. The second-order valence-corrected chi connectivity index (χ2v) is 5.36. The second kappa shape index (κ2) is 6.92. The van der Waals surface area contributed by atoms with E-state index in [1.54, 1.807) is 14.2 Å². The molecule has 0 spiro atoms. The fourth-order valence-corrected chi connectivity index (χ4v) is 2.80. The Bertz CT molecular complexity index is 406. The summed E-state index contributed by atoms with van der Waals surface area (Å²) in [6.07, 6.45) is 4.70. The van der Waals surface area contributed by atoms with Crippen LogP contribution >= 0.6 is 0 Å². The van der Waals surface area contributed by atoms with Gasteiger partial charge in [-0.15, -0.1) is 0 Å². The van der Waals surface area contributed by atoms with Crippen LogP contribution < -0.4 is 10.1 Å². The Morgan fingerprint density at radius 2 is 2.21 bits per heavy atom. The molecule has 1 N–H and O–H groups in total. The van der Waals surface area contributed by atoms with Gasteiger partial charge in [-0.25, -0.2) is 0 Å². The fraction of sp³-hybridized carbons (Fsp3) is 0.625. The van der Waals surface area contributed by atoms with Gasteiger partial charge < -0.3 is 14.8 Å². The van der Waals surface area contributed by atoms with Gasteiger partial charge in [-0.2, -0.15) is 0 Å². The predicted molar refractivity (Wildman–Crippen MR) is 77.8 cm³/mol. The van der Waals surface area contributed by atoms with E-state index in [1.807, 2.05) is 0 Å². The minimum absolute atomic E-state index is 0.450. The van der Waals surface area contributed by atoms with Gasteiger partial charge in [0.2, 0.25) is 0 Å². The Hall–Kier alpha value is -1.06. The summed E-state index contributed by atoms with van der Waals surface area (Å²) < 4.78 is 10.5. The molecule has 0 saturated heterocycles. The maximum absolute atomic E-state index is 5.35. The summed E-state index contributed by atoms with van der Waals surface area (Å²) in [5.74, 6) is 0.956. The summed E-state index contributed by atoms with van der Waals surface area (Å²) in [5, 5.41) is 3.73. The highest BCUT2D eigenvalue weighted by Gasteiger charge is 2.21. The standard InChI is InChI=1S/C16H25NO2/c1-12(9-10-18-2)17-16-6-4-5-13-7-8-14(19-3)11-15(13)16/h7-8,11-12,16-17H,4-6,9-10H2,1-3H3. The molecule has 1 aromatic carbocycles. The summed E-state index contributed by atoms with van der Waals surface area (Å²) in [7, 11) is 3.49. The van der Waals surface area contributed by atoms with Gasteiger partial charge in [0.05, 0.1) is 7.11 Å². The Kier molecular flexibility index (Phi) is 5.23. The summed E-state index contributed by atoms with van der Waals surface area (Å²) in [5.41, 5.74) is 2.87. The van der Waals surface area contributed by atoms with Crippen LogP contribution in [0.4, 0.5) is 0 Å². The van der Waals surface area contributed by atoms with Crippen molar-refractivity contribution in [3.63, 3.8) is 0 Å². The molecule has 0 heterocycles. The molecule has 2 atom stereocenters. The van der Waals surface area contributed by atoms with Crippen LogP contribution in [0.1, 0.15) is 43.4 Å². The Balaban J connectivity index is 2.07. The smallest absolute Gasteiger partial charge is 0.119 e. The lowest BCUT2D eigenvalue weighted by Crippen LogP contribution is -2.33.